The first-order chi connectivity index (χ1) is 7.58. The predicted octanol–water partition coefficient (Wildman–Crippen LogP) is 2.75. The Labute approximate surface area is 104 Å². The van der Waals surface area contributed by atoms with Crippen LogP contribution in [0.5, 0.6) is 0 Å². The van der Waals surface area contributed by atoms with Gasteiger partial charge in [0.25, 0.3) is 0 Å². The van der Waals surface area contributed by atoms with Crippen molar-refractivity contribution in [3.05, 3.63) is 10.0 Å². The maximum atomic E-state index is 8.76. The van der Waals surface area contributed by atoms with Crippen molar-refractivity contribution in [2.45, 2.75) is 19.9 Å². The summed E-state index contributed by atoms with van der Waals surface area (Å²) in [5.41, 5.74) is 0. The van der Waals surface area contributed by atoms with Gasteiger partial charge in [-0.3, -0.25) is 0 Å². The van der Waals surface area contributed by atoms with Gasteiger partial charge in [0.1, 0.15) is 10.9 Å². The fourth-order valence-corrected chi connectivity index (χ4v) is 2.18. The summed E-state index contributed by atoms with van der Waals surface area (Å²) in [5.74, 6) is 0.410. The second kappa shape index (κ2) is 6.04. The molecule has 0 aliphatic carbocycles. The van der Waals surface area contributed by atoms with Crippen molar-refractivity contribution < 1.29 is 4.74 Å². The number of anilines is 1. The third kappa shape index (κ3) is 3.34. The molecule has 1 atom stereocenters. The van der Waals surface area contributed by atoms with Crippen molar-refractivity contribution in [2.24, 2.45) is 5.92 Å². The zero-order valence-electron chi connectivity index (χ0n) is 9.45. The fourth-order valence-electron chi connectivity index (χ4n) is 1.17. The maximum absolute atomic E-state index is 8.76. The minimum Gasteiger partial charge on any atom is -0.383 e. The zero-order chi connectivity index (χ0) is 12.1. The highest BCUT2D eigenvalue weighted by atomic mass is 35.5. The molecule has 0 saturated carbocycles. The smallest absolute Gasteiger partial charge is 0.185 e. The number of halogens is 1. The lowest BCUT2D eigenvalue weighted by Crippen LogP contribution is -2.30. The van der Waals surface area contributed by atoms with Gasteiger partial charge in [0, 0.05) is 7.11 Å². The molecule has 4 nitrogen and oxygen atoms in total. The molecule has 0 aliphatic rings. The highest BCUT2D eigenvalue weighted by Gasteiger charge is 2.16. The molecule has 0 bridgehead atoms. The molecule has 0 radical (unpaired) electrons. The fraction of sp³-hybridized carbons (Fsp3) is 0.600. The van der Waals surface area contributed by atoms with Gasteiger partial charge in [0.15, 0.2) is 10.3 Å². The normalized spacial score (nSPS) is 12.5. The number of hydrogen-bond donors (Lipinski definition) is 1. The van der Waals surface area contributed by atoms with Crippen LogP contribution in [0.25, 0.3) is 0 Å². The Hall–Kier alpha value is -0.830. The molecule has 0 aliphatic heterocycles. The summed E-state index contributed by atoms with van der Waals surface area (Å²) >= 11 is 7.05. The number of rotatable bonds is 5. The van der Waals surface area contributed by atoms with E-state index in [0.29, 0.717) is 22.5 Å². The van der Waals surface area contributed by atoms with E-state index in [4.69, 9.17) is 21.6 Å². The van der Waals surface area contributed by atoms with Gasteiger partial charge < -0.3 is 10.1 Å². The molecule has 0 amide bonds. The van der Waals surface area contributed by atoms with Gasteiger partial charge >= 0.3 is 0 Å². The summed E-state index contributed by atoms with van der Waals surface area (Å²) in [7, 11) is 1.66. The Bertz CT molecular complexity index is 386. The number of methoxy groups -OCH3 is 1. The lowest BCUT2D eigenvalue weighted by Gasteiger charge is -2.20. The standard InChI is InChI=1S/C10H14ClN3OS/c1-6(2)7(5-15-3)13-10-14-9(11)8(4-12)16-10/h6-7H,5H2,1-3H3,(H,13,14). The van der Waals surface area contributed by atoms with Crippen molar-refractivity contribution >= 4 is 28.1 Å². The quantitative estimate of drug-likeness (QED) is 0.883. The third-order valence-electron chi connectivity index (χ3n) is 2.15. The summed E-state index contributed by atoms with van der Waals surface area (Å²) in [6.45, 7) is 4.78. The molecule has 1 heterocycles. The average molecular weight is 260 g/mol. The molecule has 1 rings (SSSR count). The zero-order valence-corrected chi connectivity index (χ0v) is 11.0. The largest absolute Gasteiger partial charge is 0.383 e. The molecule has 1 aromatic rings. The van der Waals surface area contributed by atoms with E-state index < -0.39 is 0 Å². The van der Waals surface area contributed by atoms with Crippen LogP contribution in [0.15, 0.2) is 0 Å². The first-order valence-corrected chi connectivity index (χ1v) is 6.09. The Morgan fingerprint density at radius 2 is 2.31 bits per heavy atom. The molecule has 88 valence electrons. The van der Waals surface area contributed by atoms with E-state index >= 15 is 0 Å². The Kier molecular flexibility index (Phi) is 5.00. The highest BCUT2D eigenvalue weighted by Crippen LogP contribution is 2.27. The van der Waals surface area contributed by atoms with Gasteiger partial charge in [-0.05, 0) is 5.92 Å². The van der Waals surface area contributed by atoms with Crippen LogP contribution in [0.3, 0.4) is 0 Å². The van der Waals surface area contributed by atoms with Crippen LogP contribution >= 0.6 is 22.9 Å². The third-order valence-corrected chi connectivity index (χ3v) is 3.42. The first kappa shape index (κ1) is 13.2. The number of ether oxygens (including phenoxy) is 1. The van der Waals surface area contributed by atoms with Crippen LogP contribution in [-0.4, -0.2) is 24.7 Å². The van der Waals surface area contributed by atoms with Gasteiger partial charge in [-0.2, -0.15) is 5.26 Å². The molecule has 1 aromatic heterocycles. The summed E-state index contributed by atoms with van der Waals surface area (Å²) in [6, 6.07) is 2.17. The summed E-state index contributed by atoms with van der Waals surface area (Å²) in [5, 5.41) is 12.9. The van der Waals surface area contributed by atoms with E-state index in [1.54, 1.807) is 7.11 Å². The van der Waals surface area contributed by atoms with Crippen LogP contribution in [0, 0.1) is 17.2 Å². The monoisotopic (exact) mass is 259 g/mol. The van der Waals surface area contributed by atoms with E-state index in [-0.39, 0.29) is 11.2 Å². The van der Waals surface area contributed by atoms with E-state index in [0.717, 1.165) is 0 Å². The van der Waals surface area contributed by atoms with E-state index in [1.165, 1.54) is 11.3 Å². The minimum absolute atomic E-state index is 0.166. The molecule has 1 N–H and O–H groups in total. The van der Waals surface area contributed by atoms with Crippen molar-refractivity contribution in [3.63, 3.8) is 0 Å². The van der Waals surface area contributed by atoms with Crippen LogP contribution in [-0.2, 0) is 4.74 Å². The Morgan fingerprint density at radius 1 is 1.62 bits per heavy atom. The molecule has 0 fully saturated rings. The number of aromatic nitrogens is 1. The Balaban J connectivity index is 2.74. The van der Waals surface area contributed by atoms with Crippen molar-refractivity contribution in [1.82, 2.24) is 4.98 Å². The number of nitrogens with one attached hydrogen (secondary N) is 1. The van der Waals surface area contributed by atoms with E-state index in [1.807, 2.05) is 6.07 Å². The SMILES string of the molecule is COCC(Nc1nc(Cl)c(C#N)s1)C(C)C. The maximum Gasteiger partial charge on any atom is 0.185 e. The van der Waals surface area contributed by atoms with Gasteiger partial charge in [0.2, 0.25) is 0 Å². The summed E-state index contributed by atoms with van der Waals surface area (Å²) < 4.78 is 5.12. The molecular weight excluding hydrogens is 246 g/mol. The van der Waals surface area contributed by atoms with Crippen LogP contribution in [0.4, 0.5) is 5.13 Å². The van der Waals surface area contributed by atoms with Crippen molar-refractivity contribution in [1.29, 1.82) is 5.26 Å². The van der Waals surface area contributed by atoms with Gasteiger partial charge in [-0.15, -0.1) is 0 Å². The van der Waals surface area contributed by atoms with E-state index in [2.05, 4.69) is 24.1 Å². The first-order valence-electron chi connectivity index (χ1n) is 4.90. The van der Waals surface area contributed by atoms with Gasteiger partial charge in [-0.1, -0.05) is 36.8 Å². The van der Waals surface area contributed by atoms with Gasteiger partial charge in [-0.25, -0.2) is 4.98 Å². The van der Waals surface area contributed by atoms with Crippen molar-refractivity contribution in [2.75, 3.05) is 19.0 Å². The van der Waals surface area contributed by atoms with Crippen LogP contribution in [0.2, 0.25) is 5.15 Å². The number of nitrogens with zero attached hydrogens (tertiary/aromatic N) is 2. The van der Waals surface area contributed by atoms with Crippen LogP contribution < -0.4 is 5.32 Å². The highest BCUT2D eigenvalue weighted by molar-refractivity contribution is 7.16. The lowest BCUT2D eigenvalue weighted by molar-refractivity contribution is 0.171. The average Bonchev–Trinajstić information content (AvgIpc) is 2.58. The molecule has 0 saturated heterocycles. The number of thiazole rings is 1. The van der Waals surface area contributed by atoms with E-state index in [9.17, 15) is 0 Å². The number of nitriles is 1. The molecule has 16 heavy (non-hydrogen) atoms. The molecule has 1 unspecified atom stereocenters. The molecular formula is C10H14ClN3OS. The molecule has 6 heteroatoms. The summed E-state index contributed by atoms with van der Waals surface area (Å²) in [6.07, 6.45) is 0. The minimum atomic E-state index is 0.166. The lowest BCUT2D eigenvalue weighted by atomic mass is 10.1. The number of hydrogen-bond acceptors (Lipinski definition) is 5. The van der Waals surface area contributed by atoms with Crippen LogP contribution in [0.1, 0.15) is 18.7 Å². The topological polar surface area (TPSA) is 57.9 Å². The molecule has 0 aromatic carbocycles. The summed E-state index contributed by atoms with van der Waals surface area (Å²) in [4.78, 5) is 4.52. The predicted molar refractivity (Wildman–Crippen MR) is 66.0 cm³/mol. The second-order valence-corrected chi connectivity index (χ2v) is 5.06. The van der Waals surface area contributed by atoms with Crippen molar-refractivity contribution in [3.8, 4) is 6.07 Å². The van der Waals surface area contributed by atoms with Gasteiger partial charge in [0.05, 0.1) is 12.6 Å². The molecule has 0 spiro atoms. The second-order valence-electron chi connectivity index (χ2n) is 3.70. The Morgan fingerprint density at radius 3 is 2.75 bits per heavy atom.